The molecule has 1 saturated heterocycles. The van der Waals surface area contributed by atoms with Crippen LogP contribution in [0.2, 0.25) is 10.0 Å². The molecule has 0 unspecified atom stereocenters. The van der Waals surface area contributed by atoms with Crippen LogP contribution >= 0.6 is 35.0 Å². The number of aromatic nitrogens is 1. The van der Waals surface area contributed by atoms with Crippen molar-refractivity contribution < 1.29 is 9.53 Å². The lowest BCUT2D eigenvalue weighted by Gasteiger charge is -2.12. The number of amides is 1. The number of benzene rings is 2. The number of rotatable bonds is 7. The van der Waals surface area contributed by atoms with E-state index in [1.165, 1.54) is 18.0 Å². The molecule has 2 aromatic carbocycles. The fourth-order valence-electron chi connectivity index (χ4n) is 3.00. The van der Waals surface area contributed by atoms with Crippen molar-refractivity contribution in [2.45, 2.75) is 6.61 Å². The predicted octanol–water partition coefficient (Wildman–Crippen LogP) is 6.76. The quantitative estimate of drug-likeness (QED) is 0.268. The van der Waals surface area contributed by atoms with E-state index in [2.05, 4.69) is 16.6 Å². The van der Waals surface area contributed by atoms with Gasteiger partial charge in [0.1, 0.15) is 12.4 Å². The lowest BCUT2D eigenvalue weighted by molar-refractivity contribution is -0.121. The second-order valence-corrected chi connectivity index (χ2v) is 8.87. The van der Waals surface area contributed by atoms with E-state index >= 15 is 0 Å². The number of aliphatic imine (C=N–C) groups is 1. The minimum absolute atomic E-state index is 0.133. The second-order valence-electron chi connectivity index (χ2n) is 7.02. The molecule has 1 amide bonds. The number of ether oxygens (including phenoxy) is 1. The van der Waals surface area contributed by atoms with Gasteiger partial charge in [-0.25, -0.2) is 4.99 Å². The number of pyridine rings is 1. The highest BCUT2D eigenvalue weighted by Gasteiger charge is 2.32. The maximum atomic E-state index is 13.0. The molecule has 0 aliphatic carbocycles. The molecule has 1 aliphatic rings. The summed E-state index contributed by atoms with van der Waals surface area (Å²) in [7, 11) is 0. The fraction of sp³-hybridized carbons (Fsp3) is 0.0800. The van der Waals surface area contributed by atoms with E-state index in [1.807, 2.05) is 54.6 Å². The third-order valence-corrected chi connectivity index (χ3v) is 6.21. The Morgan fingerprint density at radius 2 is 1.85 bits per heavy atom. The van der Waals surface area contributed by atoms with Crippen LogP contribution in [0.25, 0.3) is 6.08 Å². The molecule has 0 saturated carbocycles. The summed E-state index contributed by atoms with van der Waals surface area (Å²) in [6.45, 7) is 4.54. The number of thioether (sulfide) groups is 1. The molecular formula is C25H19Cl2N3O2S. The number of halogens is 2. The van der Waals surface area contributed by atoms with Gasteiger partial charge in [0, 0.05) is 24.0 Å². The Hall–Kier alpha value is -3.06. The summed E-state index contributed by atoms with van der Waals surface area (Å²) in [5.41, 5.74) is 2.47. The van der Waals surface area contributed by atoms with Crippen molar-refractivity contribution in [3.05, 3.63) is 106 Å². The smallest absolute Gasteiger partial charge is 0.267 e. The molecule has 166 valence electrons. The molecule has 2 heterocycles. The van der Waals surface area contributed by atoms with Gasteiger partial charge in [0.15, 0.2) is 5.17 Å². The molecule has 0 atom stereocenters. The first-order chi connectivity index (χ1) is 16.0. The van der Waals surface area contributed by atoms with Gasteiger partial charge in [0.25, 0.3) is 5.91 Å². The molecule has 4 rings (SSSR count). The summed E-state index contributed by atoms with van der Waals surface area (Å²) in [5, 5.41) is 1.66. The third kappa shape index (κ3) is 5.85. The van der Waals surface area contributed by atoms with Gasteiger partial charge in [-0.2, -0.15) is 0 Å². The van der Waals surface area contributed by atoms with Crippen LogP contribution in [0.5, 0.6) is 5.75 Å². The summed E-state index contributed by atoms with van der Waals surface area (Å²) in [5.74, 6) is 0.604. The second kappa shape index (κ2) is 10.7. The molecular weight excluding hydrogens is 477 g/mol. The zero-order chi connectivity index (χ0) is 23.2. The van der Waals surface area contributed by atoms with Gasteiger partial charge >= 0.3 is 0 Å². The Bertz CT molecular complexity index is 1230. The van der Waals surface area contributed by atoms with Gasteiger partial charge < -0.3 is 4.74 Å². The maximum Gasteiger partial charge on any atom is 0.267 e. The first-order valence-electron chi connectivity index (χ1n) is 10.0. The van der Waals surface area contributed by atoms with Crippen molar-refractivity contribution in [1.29, 1.82) is 0 Å². The minimum Gasteiger partial charge on any atom is -0.489 e. The summed E-state index contributed by atoms with van der Waals surface area (Å²) in [6.07, 6.45) is 6.63. The summed E-state index contributed by atoms with van der Waals surface area (Å²) in [4.78, 5) is 23.6. The molecule has 1 aliphatic heterocycles. The van der Waals surface area contributed by atoms with Crippen molar-refractivity contribution in [2.75, 3.05) is 6.54 Å². The van der Waals surface area contributed by atoms with E-state index in [0.29, 0.717) is 39.0 Å². The van der Waals surface area contributed by atoms with Crippen molar-refractivity contribution >= 4 is 57.8 Å². The highest BCUT2D eigenvalue weighted by Crippen LogP contribution is 2.35. The molecule has 8 heteroatoms. The lowest BCUT2D eigenvalue weighted by atomic mass is 10.2. The fourth-order valence-corrected chi connectivity index (χ4v) is 4.29. The predicted molar refractivity (Wildman–Crippen MR) is 136 cm³/mol. The zero-order valence-corrected chi connectivity index (χ0v) is 19.8. The Kier molecular flexibility index (Phi) is 7.50. The first-order valence-corrected chi connectivity index (χ1v) is 11.6. The van der Waals surface area contributed by atoms with Gasteiger partial charge in [0.2, 0.25) is 0 Å². The Morgan fingerprint density at radius 3 is 2.55 bits per heavy atom. The number of hydrogen-bond donors (Lipinski definition) is 0. The largest absolute Gasteiger partial charge is 0.489 e. The van der Waals surface area contributed by atoms with Crippen LogP contribution < -0.4 is 4.74 Å². The molecule has 3 aromatic rings. The molecule has 0 spiro atoms. The average molecular weight is 496 g/mol. The van der Waals surface area contributed by atoms with E-state index in [1.54, 1.807) is 23.2 Å². The van der Waals surface area contributed by atoms with E-state index in [0.717, 1.165) is 16.9 Å². The molecule has 0 N–H and O–H groups in total. The lowest BCUT2D eigenvalue weighted by Crippen LogP contribution is -2.29. The monoisotopic (exact) mass is 495 g/mol. The highest BCUT2D eigenvalue weighted by molar-refractivity contribution is 8.18. The average Bonchev–Trinajstić information content (AvgIpc) is 3.10. The van der Waals surface area contributed by atoms with E-state index in [4.69, 9.17) is 27.9 Å². The Morgan fingerprint density at radius 1 is 1.09 bits per heavy atom. The Balaban J connectivity index is 1.49. The molecule has 0 radical (unpaired) electrons. The standard InChI is InChI=1S/C25H19Cl2N3O2S/c1-2-13-30-24(31)23(33-25(30)29-22-11-12-28-15-21(22)27)14-17-5-9-20(10-6-17)32-16-18-3-7-19(26)8-4-18/h2-12,14-15H,1,13,16H2/b23-14-,29-25?. The van der Waals surface area contributed by atoms with Crippen molar-refractivity contribution in [3.8, 4) is 5.75 Å². The summed E-state index contributed by atoms with van der Waals surface area (Å²) in [6, 6.07) is 16.8. The van der Waals surface area contributed by atoms with Gasteiger partial charge in [-0.1, -0.05) is 53.5 Å². The van der Waals surface area contributed by atoms with Gasteiger partial charge in [0.05, 0.1) is 15.6 Å². The summed E-state index contributed by atoms with van der Waals surface area (Å²) >= 11 is 13.4. The van der Waals surface area contributed by atoms with Crippen molar-refractivity contribution in [1.82, 2.24) is 9.88 Å². The maximum absolute atomic E-state index is 13.0. The highest BCUT2D eigenvalue weighted by atomic mass is 35.5. The van der Waals surface area contributed by atoms with Gasteiger partial charge in [-0.05, 0) is 59.3 Å². The van der Waals surface area contributed by atoms with Gasteiger partial charge in [-0.15, -0.1) is 6.58 Å². The van der Waals surface area contributed by atoms with Crippen molar-refractivity contribution in [3.63, 3.8) is 0 Å². The van der Waals surface area contributed by atoms with E-state index < -0.39 is 0 Å². The number of hydrogen-bond acceptors (Lipinski definition) is 5. The molecule has 1 fully saturated rings. The summed E-state index contributed by atoms with van der Waals surface area (Å²) < 4.78 is 5.83. The van der Waals surface area contributed by atoms with Crippen LogP contribution in [0.3, 0.4) is 0 Å². The molecule has 0 bridgehead atoms. The van der Waals surface area contributed by atoms with Gasteiger partial charge in [-0.3, -0.25) is 14.7 Å². The Labute approximate surface area is 206 Å². The van der Waals surface area contributed by atoms with Crippen LogP contribution in [-0.4, -0.2) is 27.5 Å². The van der Waals surface area contributed by atoms with Crippen molar-refractivity contribution in [2.24, 2.45) is 4.99 Å². The first kappa shape index (κ1) is 23.1. The zero-order valence-electron chi connectivity index (χ0n) is 17.4. The van der Waals surface area contributed by atoms with E-state index in [-0.39, 0.29) is 5.91 Å². The normalized spacial score (nSPS) is 15.9. The molecule has 33 heavy (non-hydrogen) atoms. The number of amidine groups is 1. The van der Waals surface area contributed by atoms with Crippen LogP contribution in [-0.2, 0) is 11.4 Å². The number of carbonyl (C=O) groups is 1. The van der Waals surface area contributed by atoms with Crippen LogP contribution in [0.15, 0.2) is 89.5 Å². The minimum atomic E-state index is -0.133. The van der Waals surface area contributed by atoms with Crippen LogP contribution in [0.4, 0.5) is 5.69 Å². The van der Waals surface area contributed by atoms with Crippen LogP contribution in [0.1, 0.15) is 11.1 Å². The molecule has 5 nitrogen and oxygen atoms in total. The third-order valence-electron chi connectivity index (χ3n) is 4.66. The van der Waals surface area contributed by atoms with E-state index in [9.17, 15) is 4.79 Å². The topological polar surface area (TPSA) is 54.8 Å². The van der Waals surface area contributed by atoms with Crippen LogP contribution in [0, 0.1) is 0 Å². The SMILES string of the molecule is C=CCN1C(=O)/C(=C/c2ccc(OCc3ccc(Cl)cc3)cc2)SC1=Nc1ccncc1Cl. The number of nitrogens with zero attached hydrogens (tertiary/aromatic N) is 3. The molecule has 1 aromatic heterocycles. The number of carbonyl (C=O) groups excluding carboxylic acids is 1.